The van der Waals surface area contributed by atoms with E-state index in [-0.39, 0.29) is 5.91 Å². The highest BCUT2D eigenvalue weighted by Crippen LogP contribution is 2.33. The molecule has 2 aromatic rings. The largest absolute Gasteiger partial charge is 0.497 e. The van der Waals surface area contributed by atoms with Crippen LogP contribution in [0.3, 0.4) is 0 Å². The number of nitrogen functional groups attached to an aromatic ring is 1. The summed E-state index contributed by atoms with van der Waals surface area (Å²) < 4.78 is 5.18. The number of nitrogens with one attached hydrogen (secondary N) is 2. The van der Waals surface area contributed by atoms with Crippen molar-refractivity contribution in [1.82, 2.24) is 0 Å². The van der Waals surface area contributed by atoms with E-state index in [1.54, 1.807) is 7.11 Å². The molecule has 0 bridgehead atoms. The van der Waals surface area contributed by atoms with Gasteiger partial charge in [0.25, 0.3) is 0 Å². The van der Waals surface area contributed by atoms with Gasteiger partial charge in [0, 0.05) is 17.4 Å². The minimum absolute atomic E-state index is 0.00192. The maximum atomic E-state index is 11.4. The molecule has 5 nitrogen and oxygen atoms in total. The van der Waals surface area contributed by atoms with Crippen LogP contribution < -0.4 is 21.1 Å². The summed E-state index contributed by atoms with van der Waals surface area (Å²) in [6, 6.07) is 11.3. The second-order valence-corrected chi connectivity index (χ2v) is 4.68. The van der Waals surface area contributed by atoms with Gasteiger partial charge in [-0.1, -0.05) is 6.07 Å². The molecule has 0 unspecified atom stereocenters. The molecule has 0 saturated carbocycles. The maximum absolute atomic E-state index is 11.4. The number of amides is 1. The van der Waals surface area contributed by atoms with E-state index in [9.17, 15) is 4.79 Å². The molecular weight excluding hydrogens is 254 g/mol. The fourth-order valence-corrected chi connectivity index (χ4v) is 2.26. The van der Waals surface area contributed by atoms with Gasteiger partial charge in [-0.3, -0.25) is 4.79 Å². The number of methoxy groups -OCH3 is 1. The molecule has 1 aliphatic rings. The van der Waals surface area contributed by atoms with E-state index in [1.807, 2.05) is 36.4 Å². The zero-order valence-electron chi connectivity index (χ0n) is 11.1. The second kappa shape index (κ2) is 4.77. The summed E-state index contributed by atoms with van der Waals surface area (Å²) in [6.07, 6.45) is 0.388. The van der Waals surface area contributed by atoms with Crippen LogP contribution in [0.1, 0.15) is 5.56 Å². The summed E-state index contributed by atoms with van der Waals surface area (Å²) in [5, 5.41) is 6.05. The summed E-state index contributed by atoms with van der Waals surface area (Å²) in [6.45, 7) is 0. The van der Waals surface area contributed by atoms with Gasteiger partial charge < -0.3 is 21.1 Å². The Hall–Kier alpha value is -2.69. The molecule has 102 valence electrons. The van der Waals surface area contributed by atoms with Crippen molar-refractivity contribution in [3.8, 4) is 5.75 Å². The Bertz CT molecular complexity index is 683. The normalized spacial score (nSPS) is 12.8. The van der Waals surface area contributed by atoms with E-state index < -0.39 is 0 Å². The monoisotopic (exact) mass is 269 g/mol. The standard InChI is InChI=1S/C15H15N3O2/c1-20-11-4-2-3-10(7-11)17-14-8-13-9(5-12(14)16)6-15(19)18-13/h2-5,7-8,17H,6,16H2,1H3,(H,18,19). The molecule has 0 saturated heterocycles. The molecule has 0 aliphatic carbocycles. The van der Waals surface area contributed by atoms with Gasteiger partial charge >= 0.3 is 0 Å². The Morgan fingerprint density at radius 1 is 1.30 bits per heavy atom. The minimum atomic E-state index is -0.00192. The molecule has 1 aliphatic heterocycles. The van der Waals surface area contributed by atoms with Crippen LogP contribution in [0, 0.1) is 0 Å². The number of anilines is 4. The van der Waals surface area contributed by atoms with Gasteiger partial charge in [-0.25, -0.2) is 0 Å². The summed E-state index contributed by atoms with van der Waals surface area (Å²) in [7, 11) is 1.62. The lowest BCUT2D eigenvalue weighted by Crippen LogP contribution is -2.03. The topological polar surface area (TPSA) is 76.4 Å². The van der Waals surface area contributed by atoms with Crippen LogP contribution in [0.15, 0.2) is 36.4 Å². The highest BCUT2D eigenvalue weighted by molar-refractivity contribution is 6.01. The van der Waals surface area contributed by atoms with Crippen LogP contribution in [0.2, 0.25) is 0 Å². The second-order valence-electron chi connectivity index (χ2n) is 4.68. The first-order valence-corrected chi connectivity index (χ1v) is 6.29. The van der Waals surface area contributed by atoms with Crippen molar-refractivity contribution in [2.75, 3.05) is 23.5 Å². The zero-order chi connectivity index (χ0) is 14.1. The minimum Gasteiger partial charge on any atom is -0.497 e. The van der Waals surface area contributed by atoms with Crippen molar-refractivity contribution < 1.29 is 9.53 Å². The van der Waals surface area contributed by atoms with Crippen LogP contribution in [0.4, 0.5) is 22.7 Å². The average molecular weight is 269 g/mol. The number of hydrogen-bond donors (Lipinski definition) is 3. The molecule has 5 heteroatoms. The molecule has 0 spiro atoms. The van der Waals surface area contributed by atoms with Gasteiger partial charge in [0.2, 0.25) is 5.91 Å². The van der Waals surface area contributed by atoms with Crippen molar-refractivity contribution in [2.45, 2.75) is 6.42 Å². The predicted molar refractivity (Wildman–Crippen MR) is 79.5 cm³/mol. The number of fused-ring (bicyclic) bond motifs is 1. The Balaban J connectivity index is 1.91. The number of nitrogens with two attached hydrogens (primary N) is 1. The summed E-state index contributed by atoms with van der Waals surface area (Å²) in [4.78, 5) is 11.4. The van der Waals surface area contributed by atoms with Gasteiger partial charge in [0.15, 0.2) is 0 Å². The number of benzene rings is 2. The molecule has 1 heterocycles. The molecule has 0 aromatic heterocycles. The van der Waals surface area contributed by atoms with Crippen molar-refractivity contribution in [2.24, 2.45) is 0 Å². The van der Waals surface area contributed by atoms with E-state index in [0.29, 0.717) is 12.1 Å². The van der Waals surface area contributed by atoms with E-state index in [1.165, 1.54) is 0 Å². The lowest BCUT2D eigenvalue weighted by Gasteiger charge is -2.12. The van der Waals surface area contributed by atoms with Crippen LogP contribution in [0.25, 0.3) is 0 Å². The van der Waals surface area contributed by atoms with Crippen molar-refractivity contribution in [3.63, 3.8) is 0 Å². The first-order valence-electron chi connectivity index (χ1n) is 6.29. The highest BCUT2D eigenvalue weighted by atomic mass is 16.5. The molecule has 0 fully saturated rings. The van der Waals surface area contributed by atoms with Crippen LogP contribution >= 0.6 is 0 Å². The summed E-state index contributed by atoms with van der Waals surface area (Å²) in [5.41, 5.74) is 10.0. The third-order valence-corrected chi connectivity index (χ3v) is 3.25. The van der Waals surface area contributed by atoms with E-state index in [0.717, 1.165) is 28.4 Å². The van der Waals surface area contributed by atoms with Gasteiger partial charge in [-0.05, 0) is 29.8 Å². The Morgan fingerprint density at radius 2 is 2.15 bits per heavy atom. The lowest BCUT2D eigenvalue weighted by molar-refractivity contribution is -0.115. The maximum Gasteiger partial charge on any atom is 0.228 e. The van der Waals surface area contributed by atoms with Crippen LogP contribution in [-0.4, -0.2) is 13.0 Å². The fourth-order valence-electron chi connectivity index (χ4n) is 2.26. The summed E-state index contributed by atoms with van der Waals surface area (Å²) >= 11 is 0. The van der Waals surface area contributed by atoms with E-state index in [2.05, 4.69) is 10.6 Å². The third-order valence-electron chi connectivity index (χ3n) is 3.25. The van der Waals surface area contributed by atoms with Crippen LogP contribution in [0.5, 0.6) is 5.75 Å². The van der Waals surface area contributed by atoms with Gasteiger partial charge in [0.1, 0.15) is 5.75 Å². The average Bonchev–Trinajstić information content (AvgIpc) is 2.78. The summed E-state index contributed by atoms with van der Waals surface area (Å²) in [5.74, 6) is 0.765. The number of carbonyl (C=O) groups excluding carboxylic acids is 1. The molecule has 0 radical (unpaired) electrons. The first-order chi connectivity index (χ1) is 9.65. The van der Waals surface area contributed by atoms with Crippen molar-refractivity contribution in [1.29, 1.82) is 0 Å². The Morgan fingerprint density at radius 3 is 2.95 bits per heavy atom. The SMILES string of the molecule is COc1cccc(Nc2cc3c(cc2N)CC(=O)N3)c1. The van der Waals surface area contributed by atoms with E-state index in [4.69, 9.17) is 10.5 Å². The Labute approximate surface area is 116 Å². The lowest BCUT2D eigenvalue weighted by atomic mass is 10.1. The van der Waals surface area contributed by atoms with Gasteiger partial charge in [-0.2, -0.15) is 0 Å². The fraction of sp³-hybridized carbons (Fsp3) is 0.133. The quantitative estimate of drug-likeness (QED) is 0.748. The molecule has 20 heavy (non-hydrogen) atoms. The predicted octanol–water partition coefficient (Wildman–Crippen LogP) is 2.52. The zero-order valence-corrected chi connectivity index (χ0v) is 11.1. The number of rotatable bonds is 3. The smallest absolute Gasteiger partial charge is 0.228 e. The molecular formula is C15H15N3O2. The van der Waals surface area contributed by atoms with Crippen molar-refractivity contribution >= 4 is 28.7 Å². The third kappa shape index (κ3) is 2.25. The number of carbonyl (C=O) groups is 1. The molecule has 1 amide bonds. The number of hydrogen-bond acceptors (Lipinski definition) is 4. The molecule has 0 atom stereocenters. The van der Waals surface area contributed by atoms with Crippen molar-refractivity contribution in [3.05, 3.63) is 42.0 Å². The number of ether oxygens (including phenoxy) is 1. The first kappa shape index (κ1) is 12.3. The van der Waals surface area contributed by atoms with E-state index >= 15 is 0 Å². The van der Waals surface area contributed by atoms with Gasteiger partial charge in [-0.15, -0.1) is 0 Å². The van der Waals surface area contributed by atoms with Gasteiger partial charge in [0.05, 0.1) is 24.9 Å². The molecule has 2 aromatic carbocycles. The molecule has 3 rings (SSSR count). The Kier molecular flexibility index (Phi) is 2.95. The molecule has 4 N–H and O–H groups in total. The van der Waals surface area contributed by atoms with Crippen LogP contribution in [-0.2, 0) is 11.2 Å². The highest BCUT2D eigenvalue weighted by Gasteiger charge is 2.19.